The summed E-state index contributed by atoms with van der Waals surface area (Å²) in [6.45, 7) is 3.45. The molecule has 152 valence electrons. The number of aryl methyl sites for hydroxylation is 1. The summed E-state index contributed by atoms with van der Waals surface area (Å²) in [5.41, 5.74) is 0.919. The lowest BCUT2D eigenvalue weighted by atomic mass is 9.89. The van der Waals surface area contributed by atoms with Crippen molar-refractivity contribution in [2.24, 2.45) is 0 Å². The Morgan fingerprint density at radius 1 is 1.18 bits per heavy atom. The third kappa shape index (κ3) is 3.67. The second-order valence-corrected chi connectivity index (χ2v) is 8.20. The SMILES string of the molecule is Cc1ccccc1C(=O)N1[C@@H](C(=O)NC[C@H]2CCCO2)COC12CCCCC2. The van der Waals surface area contributed by atoms with Crippen molar-refractivity contribution in [1.82, 2.24) is 10.2 Å². The number of carbonyl (C=O) groups excluding carboxylic acids is 2. The second-order valence-electron chi connectivity index (χ2n) is 8.20. The zero-order valence-electron chi connectivity index (χ0n) is 16.6. The number of hydrogen-bond acceptors (Lipinski definition) is 4. The van der Waals surface area contributed by atoms with Crippen LogP contribution in [0.15, 0.2) is 24.3 Å². The Balaban J connectivity index is 1.57. The largest absolute Gasteiger partial charge is 0.376 e. The maximum atomic E-state index is 13.6. The molecule has 1 spiro atoms. The molecule has 1 aromatic rings. The van der Waals surface area contributed by atoms with Gasteiger partial charge in [-0.15, -0.1) is 0 Å². The Morgan fingerprint density at radius 3 is 2.68 bits per heavy atom. The van der Waals surface area contributed by atoms with Crippen LogP contribution in [-0.4, -0.2) is 54.3 Å². The van der Waals surface area contributed by atoms with Gasteiger partial charge in [-0.1, -0.05) is 24.6 Å². The number of hydrogen-bond donors (Lipinski definition) is 1. The fourth-order valence-electron chi connectivity index (χ4n) is 4.75. The van der Waals surface area contributed by atoms with Crippen LogP contribution in [0.3, 0.4) is 0 Å². The Morgan fingerprint density at radius 2 is 1.96 bits per heavy atom. The van der Waals surface area contributed by atoms with Crippen LogP contribution in [0, 0.1) is 6.92 Å². The van der Waals surface area contributed by atoms with Crippen LogP contribution in [0.5, 0.6) is 0 Å². The monoisotopic (exact) mass is 386 g/mol. The highest BCUT2D eigenvalue weighted by molar-refractivity contribution is 5.99. The predicted octanol–water partition coefficient (Wildman–Crippen LogP) is 2.79. The normalized spacial score (nSPS) is 26.5. The topological polar surface area (TPSA) is 67.9 Å². The predicted molar refractivity (Wildman–Crippen MR) is 105 cm³/mol. The molecule has 28 heavy (non-hydrogen) atoms. The Kier molecular flexibility index (Phi) is 5.69. The molecule has 3 fully saturated rings. The Bertz CT molecular complexity index is 723. The van der Waals surface area contributed by atoms with Gasteiger partial charge in [0.2, 0.25) is 5.91 Å². The van der Waals surface area contributed by atoms with Crippen molar-refractivity contribution in [2.75, 3.05) is 19.8 Å². The number of carbonyl (C=O) groups is 2. The lowest BCUT2D eigenvalue weighted by molar-refractivity contribution is -0.127. The van der Waals surface area contributed by atoms with Gasteiger partial charge in [0, 0.05) is 18.7 Å². The summed E-state index contributed by atoms with van der Waals surface area (Å²) >= 11 is 0. The molecule has 2 amide bonds. The van der Waals surface area contributed by atoms with Gasteiger partial charge in [0.25, 0.3) is 5.91 Å². The first kappa shape index (κ1) is 19.4. The number of amides is 2. The van der Waals surface area contributed by atoms with E-state index in [1.54, 1.807) is 4.90 Å². The van der Waals surface area contributed by atoms with Crippen LogP contribution in [0.2, 0.25) is 0 Å². The van der Waals surface area contributed by atoms with Crippen molar-refractivity contribution in [3.05, 3.63) is 35.4 Å². The standard InChI is InChI=1S/C22H30N2O4/c1-16-8-3-4-10-18(16)21(26)24-19(15-28-22(24)11-5-2-6-12-22)20(25)23-14-17-9-7-13-27-17/h3-4,8,10,17,19H,2,5-7,9,11-15H2,1H3,(H,23,25)/t17-,19-/m1/s1. The molecule has 0 unspecified atom stereocenters. The van der Waals surface area contributed by atoms with E-state index in [9.17, 15) is 9.59 Å². The molecule has 4 rings (SSSR count). The molecular formula is C22H30N2O4. The first-order chi connectivity index (χ1) is 13.6. The summed E-state index contributed by atoms with van der Waals surface area (Å²) in [4.78, 5) is 28.3. The summed E-state index contributed by atoms with van der Waals surface area (Å²) in [6.07, 6.45) is 6.85. The first-order valence-electron chi connectivity index (χ1n) is 10.5. The fraction of sp³-hybridized carbons (Fsp3) is 0.636. The molecule has 0 bridgehead atoms. The molecule has 3 aliphatic rings. The molecule has 0 radical (unpaired) electrons. The maximum absolute atomic E-state index is 13.6. The molecule has 6 nitrogen and oxygen atoms in total. The first-order valence-corrected chi connectivity index (χ1v) is 10.5. The summed E-state index contributed by atoms with van der Waals surface area (Å²) in [7, 11) is 0. The number of ether oxygens (including phenoxy) is 2. The molecule has 6 heteroatoms. The molecule has 2 heterocycles. The Labute approximate surface area is 166 Å². The molecule has 1 aromatic carbocycles. The summed E-state index contributed by atoms with van der Waals surface area (Å²) in [6, 6.07) is 6.98. The smallest absolute Gasteiger partial charge is 0.257 e. The third-order valence-corrected chi connectivity index (χ3v) is 6.32. The van der Waals surface area contributed by atoms with Crippen LogP contribution in [0.25, 0.3) is 0 Å². The number of nitrogens with one attached hydrogen (secondary N) is 1. The number of rotatable bonds is 4. The molecule has 2 aliphatic heterocycles. The van der Waals surface area contributed by atoms with Crippen molar-refractivity contribution >= 4 is 11.8 Å². The summed E-state index contributed by atoms with van der Waals surface area (Å²) in [5.74, 6) is -0.241. The van der Waals surface area contributed by atoms with E-state index in [1.165, 1.54) is 0 Å². The van der Waals surface area contributed by atoms with Crippen molar-refractivity contribution in [2.45, 2.75) is 69.7 Å². The molecule has 1 aliphatic carbocycles. The van der Waals surface area contributed by atoms with Gasteiger partial charge in [0.1, 0.15) is 11.8 Å². The summed E-state index contributed by atoms with van der Waals surface area (Å²) < 4.78 is 11.8. The van der Waals surface area contributed by atoms with Gasteiger partial charge < -0.3 is 14.8 Å². The zero-order valence-corrected chi connectivity index (χ0v) is 16.6. The summed E-state index contributed by atoms with van der Waals surface area (Å²) in [5, 5.41) is 3.00. The van der Waals surface area contributed by atoms with E-state index in [0.29, 0.717) is 12.1 Å². The van der Waals surface area contributed by atoms with Gasteiger partial charge in [0.15, 0.2) is 0 Å². The van der Waals surface area contributed by atoms with E-state index >= 15 is 0 Å². The average Bonchev–Trinajstić information content (AvgIpc) is 3.35. The molecule has 2 saturated heterocycles. The van der Waals surface area contributed by atoms with Gasteiger partial charge in [-0.05, 0) is 57.1 Å². The lowest BCUT2D eigenvalue weighted by Crippen LogP contribution is -2.57. The average molecular weight is 386 g/mol. The van der Waals surface area contributed by atoms with E-state index in [-0.39, 0.29) is 24.5 Å². The minimum Gasteiger partial charge on any atom is -0.376 e. The van der Waals surface area contributed by atoms with Gasteiger partial charge in [-0.2, -0.15) is 0 Å². The quantitative estimate of drug-likeness (QED) is 0.864. The fourth-order valence-corrected chi connectivity index (χ4v) is 4.75. The van der Waals surface area contributed by atoms with Gasteiger partial charge in [-0.3, -0.25) is 14.5 Å². The van der Waals surface area contributed by atoms with E-state index in [0.717, 1.165) is 57.1 Å². The second kappa shape index (κ2) is 8.21. The molecule has 0 aromatic heterocycles. The van der Waals surface area contributed by atoms with E-state index in [1.807, 2.05) is 31.2 Å². The number of nitrogens with zero attached hydrogens (tertiary/aromatic N) is 1. The van der Waals surface area contributed by atoms with E-state index in [2.05, 4.69) is 5.32 Å². The molecule has 2 atom stereocenters. The van der Waals surface area contributed by atoms with Crippen molar-refractivity contribution < 1.29 is 19.1 Å². The Hall–Kier alpha value is -1.92. The maximum Gasteiger partial charge on any atom is 0.257 e. The highest BCUT2D eigenvalue weighted by Crippen LogP contribution is 2.41. The van der Waals surface area contributed by atoms with Crippen LogP contribution < -0.4 is 5.32 Å². The van der Waals surface area contributed by atoms with Crippen molar-refractivity contribution in [3.63, 3.8) is 0 Å². The molecular weight excluding hydrogens is 356 g/mol. The van der Waals surface area contributed by atoms with Gasteiger partial charge in [-0.25, -0.2) is 0 Å². The van der Waals surface area contributed by atoms with Crippen LogP contribution in [0.4, 0.5) is 0 Å². The minimum atomic E-state index is -0.649. The van der Waals surface area contributed by atoms with E-state index in [4.69, 9.17) is 9.47 Å². The lowest BCUT2D eigenvalue weighted by Gasteiger charge is -2.41. The van der Waals surface area contributed by atoms with Crippen LogP contribution in [-0.2, 0) is 14.3 Å². The van der Waals surface area contributed by atoms with Crippen LogP contribution >= 0.6 is 0 Å². The number of benzene rings is 1. The highest BCUT2D eigenvalue weighted by Gasteiger charge is 2.53. The van der Waals surface area contributed by atoms with Crippen LogP contribution in [0.1, 0.15) is 60.9 Å². The minimum absolute atomic E-state index is 0.0791. The highest BCUT2D eigenvalue weighted by atomic mass is 16.5. The van der Waals surface area contributed by atoms with Crippen molar-refractivity contribution in [1.29, 1.82) is 0 Å². The van der Waals surface area contributed by atoms with Gasteiger partial charge in [0.05, 0.1) is 12.7 Å². The van der Waals surface area contributed by atoms with Gasteiger partial charge >= 0.3 is 0 Å². The third-order valence-electron chi connectivity index (χ3n) is 6.32. The van der Waals surface area contributed by atoms with E-state index < -0.39 is 11.8 Å². The molecule has 1 saturated carbocycles. The zero-order chi connectivity index (χ0) is 19.6. The molecule has 1 N–H and O–H groups in total. The van der Waals surface area contributed by atoms with Crippen molar-refractivity contribution in [3.8, 4) is 0 Å².